The Morgan fingerprint density at radius 2 is 2.30 bits per heavy atom. The highest BCUT2D eigenvalue weighted by Crippen LogP contribution is 2.16. The van der Waals surface area contributed by atoms with E-state index in [9.17, 15) is 4.79 Å². The zero-order valence-corrected chi connectivity index (χ0v) is 12.3. The highest BCUT2D eigenvalue weighted by molar-refractivity contribution is 5.76. The number of nitrogens with zero attached hydrogens (tertiary/aromatic N) is 3. The van der Waals surface area contributed by atoms with Crippen LogP contribution in [-0.4, -0.2) is 47.0 Å². The van der Waals surface area contributed by atoms with Crippen LogP contribution in [-0.2, 0) is 4.79 Å². The van der Waals surface area contributed by atoms with E-state index in [1.807, 2.05) is 20.0 Å². The zero-order valence-electron chi connectivity index (χ0n) is 12.3. The molecule has 1 atom stereocenters. The lowest BCUT2D eigenvalue weighted by molar-refractivity contribution is -0.132. The number of likely N-dealkylation sites (tertiary alicyclic amines) is 1. The Kier molecular flexibility index (Phi) is 4.76. The first-order chi connectivity index (χ1) is 9.58. The van der Waals surface area contributed by atoms with E-state index in [0.717, 1.165) is 18.5 Å². The van der Waals surface area contributed by atoms with Crippen molar-refractivity contribution in [3.63, 3.8) is 0 Å². The van der Waals surface area contributed by atoms with E-state index in [1.54, 1.807) is 4.90 Å². The molecule has 6 heteroatoms. The van der Waals surface area contributed by atoms with E-state index in [4.69, 9.17) is 4.74 Å². The fraction of sp³-hybridized carbons (Fsp3) is 0.643. The van der Waals surface area contributed by atoms with Crippen LogP contribution in [0.4, 0.5) is 5.95 Å². The molecule has 1 saturated heterocycles. The normalized spacial score (nSPS) is 19.1. The predicted molar refractivity (Wildman–Crippen MR) is 76.8 cm³/mol. The fourth-order valence-electron chi connectivity index (χ4n) is 2.20. The number of nitrogens with one attached hydrogen (secondary N) is 1. The molecule has 0 aliphatic carbocycles. The summed E-state index contributed by atoms with van der Waals surface area (Å²) in [6.07, 6.45) is 2.33. The molecule has 2 heterocycles. The van der Waals surface area contributed by atoms with E-state index in [1.165, 1.54) is 0 Å². The van der Waals surface area contributed by atoms with Crippen molar-refractivity contribution in [3.05, 3.63) is 11.8 Å². The van der Waals surface area contributed by atoms with Crippen LogP contribution in [0.3, 0.4) is 0 Å². The summed E-state index contributed by atoms with van der Waals surface area (Å²) in [5.74, 6) is 1.37. The number of anilines is 1. The minimum Gasteiger partial charge on any atom is -0.478 e. The number of carbonyl (C=O) groups is 1. The van der Waals surface area contributed by atoms with E-state index in [-0.39, 0.29) is 11.9 Å². The van der Waals surface area contributed by atoms with Crippen molar-refractivity contribution in [2.45, 2.75) is 39.2 Å². The first-order valence-electron chi connectivity index (χ1n) is 7.07. The molecule has 20 heavy (non-hydrogen) atoms. The molecule has 1 aliphatic rings. The maximum absolute atomic E-state index is 11.5. The summed E-state index contributed by atoms with van der Waals surface area (Å²) in [4.78, 5) is 21.9. The first-order valence-corrected chi connectivity index (χ1v) is 7.07. The highest BCUT2D eigenvalue weighted by atomic mass is 16.5. The standard InChI is InChI=1S/C14H22N4O2/c1-4-7-20-12-8-10(2)15-14(17-12)16-11-5-6-13(19)18(3)9-11/h8,11H,4-7,9H2,1-3H3,(H,15,16,17). The van der Waals surface area contributed by atoms with Crippen LogP contribution in [0.2, 0.25) is 0 Å². The molecule has 1 amide bonds. The molecule has 0 saturated carbocycles. The number of aromatic nitrogens is 2. The zero-order chi connectivity index (χ0) is 14.5. The minimum atomic E-state index is 0.193. The van der Waals surface area contributed by atoms with E-state index in [0.29, 0.717) is 31.4 Å². The van der Waals surface area contributed by atoms with Crippen molar-refractivity contribution >= 4 is 11.9 Å². The molecule has 1 fully saturated rings. The second-order valence-corrected chi connectivity index (χ2v) is 5.17. The molecule has 110 valence electrons. The maximum atomic E-state index is 11.5. The molecule has 6 nitrogen and oxygen atoms in total. The van der Waals surface area contributed by atoms with Crippen molar-refractivity contribution in [3.8, 4) is 5.88 Å². The third-order valence-corrected chi connectivity index (χ3v) is 3.24. The number of hydrogen-bond acceptors (Lipinski definition) is 5. The molecule has 0 spiro atoms. The van der Waals surface area contributed by atoms with Gasteiger partial charge in [0, 0.05) is 37.8 Å². The quantitative estimate of drug-likeness (QED) is 0.886. The Bertz CT molecular complexity index is 478. The molecule has 1 aliphatic heterocycles. The van der Waals surface area contributed by atoms with Gasteiger partial charge in [-0.05, 0) is 19.8 Å². The molecule has 0 aromatic carbocycles. The summed E-state index contributed by atoms with van der Waals surface area (Å²) in [6.45, 7) is 5.31. The van der Waals surface area contributed by atoms with Crippen LogP contribution in [0, 0.1) is 6.92 Å². The SMILES string of the molecule is CCCOc1cc(C)nc(NC2CCC(=O)N(C)C2)n1. The number of rotatable bonds is 5. The Hall–Kier alpha value is -1.85. The molecule has 1 aromatic rings. The number of aryl methyl sites for hydroxylation is 1. The van der Waals surface area contributed by atoms with E-state index in [2.05, 4.69) is 22.2 Å². The molecule has 1 aromatic heterocycles. The summed E-state index contributed by atoms with van der Waals surface area (Å²) in [5.41, 5.74) is 0.869. The number of carbonyl (C=O) groups excluding carboxylic acids is 1. The van der Waals surface area contributed by atoms with E-state index >= 15 is 0 Å². The largest absolute Gasteiger partial charge is 0.478 e. The average molecular weight is 278 g/mol. The van der Waals surface area contributed by atoms with Crippen LogP contribution >= 0.6 is 0 Å². The van der Waals surface area contributed by atoms with Crippen LogP contribution in [0.25, 0.3) is 0 Å². The van der Waals surface area contributed by atoms with Gasteiger partial charge < -0.3 is 15.0 Å². The Morgan fingerprint density at radius 3 is 3.00 bits per heavy atom. The van der Waals surface area contributed by atoms with Gasteiger partial charge in [0.1, 0.15) is 0 Å². The van der Waals surface area contributed by atoms with Gasteiger partial charge in [0.05, 0.1) is 6.61 Å². The lowest BCUT2D eigenvalue weighted by Gasteiger charge is -2.30. The van der Waals surface area contributed by atoms with Crippen LogP contribution < -0.4 is 10.1 Å². The van der Waals surface area contributed by atoms with Crippen molar-refractivity contribution < 1.29 is 9.53 Å². The average Bonchev–Trinajstić information content (AvgIpc) is 2.40. The number of piperidine rings is 1. The van der Waals surface area contributed by atoms with Gasteiger partial charge in [-0.3, -0.25) is 4.79 Å². The minimum absolute atomic E-state index is 0.193. The topological polar surface area (TPSA) is 67.3 Å². The summed E-state index contributed by atoms with van der Waals surface area (Å²) in [6, 6.07) is 2.02. The number of amides is 1. The van der Waals surface area contributed by atoms with Gasteiger partial charge in [0.15, 0.2) is 0 Å². The Balaban J connectivity index is 2.01. The van der Waals surface area contributed by atoms with Gasteiger partial charge in [-0.15, -0.1) is 0 Å². The number of ether oxygens (including phenoxy) is 1. The fourth-order valence-corrected chi connectivity index (χ4v) is 2.20. The van der Waals surface area contributed by atoms with Crippen molar-refractivity contribution in [2.24, 2.45) is 0 Å². The maximum Gasteiger partial charge on any atom is 0.226 e. The molecule has 0 bridgehead atoms. The third kappa shape index (κ3) is 3.82. The summed E-state index contributed by atoms with van der Waals surface area (Å²) >= 11 is 0. The summed E-state index contributed by atoms with van der Waals surface area (Å²) in [7, 11) is 1.82. The van der Waals surface area contributed by atoms with Gasteiger partial charge in [0.2, 0.25) is 17.7 Å². The second-order valence-electron chi connectivity index (χ2n) is 5.17. The molecule has 1 unspecified atom stereocenters. The molecular weight excluding hydrogens is 256 g/mol. The smallest absolute Gasteiger partial charge is 0.226 e. The lowest BCUT2D eigenvalue weighted by atomic mass is 10.1. The lowest BCUT2D eigenvalue weighted by Crippen LogP contribution is -2.43. The van der Waals surface area contributed by atoms with Gasteiger partial charge in [0.25, 0.3) is 0 Å². The first kappa shape index (κ1) is 14.6. The number of hydrogen-bond donors (Lipinski definition) is 1. The Labute approximate surface area is 119 Å². The predicted octanol–water partition coefficient (Wildman–Crippen LogP) is 1.61. The van der Waals surface area contributed by atoms with Crippen LogP contribution in [0.5, 0.6) is 5.88 Å². The van der Waals surface area contributed by atoms with Crippen molar-refractivity contribution in [1.29, 1.82) is 0 Å². The monoisotopic (exact) mass is 278 g/mol. The van der Waals surface area contributed by atoms with Gasteiger partial charge in [-0.25, -0.2) is 4.98 Å². The highest BCUT2D eigenvalue weighted by Gasteiger charge is 2.23. The summed E-state index contributed by atoms with van der Waals surface area (Å²) < 4.78 is 5.55. The van der Waals surface area contributed by atoms with Gasteiger partial charge >= 0.3 is 0 Å². The van der Waals surface area contributed by atoms with Crippen LogP contribution in [0.15, 0.2) is 6.07 Å². The van der Waals surface area contributed by atoms with Crippen molar-refractivity contribution in [1.82, 2.24) is 14.9 Å². The number of likely N-dealkylation sites (N-methyl/N-ethyl adjacent to an activating group) is 1. The van der Waals surface area contributed by atoms with Gasteiger partial charge in [-0.1, -0.05) is 6.92 Å². The molecule has 2 rings (SSSR count). The summed E-state index contributed by atoms with van der Waals surface area (Å²) in [5, 5.41) is 3.29. The molecule has 1 N–H and O–H groups in total. The molecule has 0 radical (unpaired) electrons. The van der Waals surface area contributed by atoms with Crippen molar-refractivity contribution in [2.75, 3.05) is 25.5 Å². The molecular formula is C14H22N4O2. The van der Waals surface area contributed by atoms with Crippen LogP contribution in [0.1, 0.15) is 31.9 Å². The third-order valence-electron chi connectivity index (χ3n) is 3.24. The Morgan fingerprint density at radius 1 is 1.50 bits per heavy atom. The van der Waals surface area contributed by atoms with E-state index < -0.39 is 0 Å². The second kappa shape index (κ2) is 6.54. The van der Waals surface area contributed by atoms with Gasteiger partial charge in [-0.2, -0.15) is 4.98 Å².